The van der Waals surface area contributed by atoms with Crippen molar-refractivity contribution in [1.82, 2.24) is 0 Å². The normalized spacial score (nSPS) is 13.2. The van der Waals surface area contributed by atoms with Gasteiger partial charge in [-0.1, -0.05) is 28.1 Å². The predicted octanol–water partition coefficient (Wildman–Crippen LogP) is 5.35. The molecule has 1 aliphatic rings. The van der Waals surface area contributed by atoms with E-state index < -0.39 is 0 Å². The molecule has 2 aromatic carbocycles. The van der Waals surface area contributed by atoms with Gasteiger partial charge in [0.2, 0.25) is 5.91 Å². The maximum Gasteiger partial charge on any atom is 0.228 e. The summed E-state index contributed by atoms with van der Waals surface area (Å²) >= 11 is 3.54. The molecule has 1 saturated carbocycles. The molecule has 2 aromatic rings. The van der Waals surface area contributed by atoms with Gasteiger partial charge in [0, 0.05) is 16.8 Å². The van der Waals surface area contributed by atoms with E-state index in [4.69, 9.17) is 14.2 Å². The van der Waals surface area contributed by atoms with Gasteiger partial charge in [-0.05, 0) is 68.0 Å². The first-order chi connectivity index (χ1) is 14.1. The third-order valence-corrected chi connectivity index (χ3v) is 5.33. The van der Waals surface area contributed by atoms with Crippen LogP contribution in [-0.4, -0.2) is 25.7 Å². The van der Waals surface area contributed by atoms with Gasteiger partial charge in [-0.15, -0.1) is 0 Å². The lowest BCUT2D eigenvalue weighted by Gasteiger charge is -2.14. The van der Waals surface area contributed by atoms with Crippen LogP contribution in [0.4, 0.5) is 5.69 Å². The molecule has 0 radical (unpaired) electrons. The number of hydrogen-bond acceptors (Lipinski definition) is 4. The highest BCUT2D eigenvalue weighted by molar-refractivity contribution is 9.10. The maximum atomic E-state index is 12.6. The number of hydrogen-bond donors (Lipinski definition) is 1. The summed E-state index contributed by atoms with van der Waals surface area (Å²) < 4.78 is 17.8. The van der Waals surface area contributed by atoms with E-state index in [2.05, 4.69) is 21.2 Å². The molecule has 1 N–H and O–H groups in total. The third-order valence-electron chi connectivity index (χ3n) is 4.59. The minimum Gasteiger partial charge on any atom is -0.490 e. The fourth-order valence-corrected chi connectivity index (χ4v) is 3.46. The Morgan fingerprint density at radius 2 is 1.83 bits per heavy atom. The summed E-state index contributed by atoms with van der Waals surface area (Å²) in [5.74, 6) is 1.97. The molecule has 0 aromatic heterocycles. The van der Waals surface area contributed by atoms with Crippen LogP contribution in [0.2, 0.25) is 0 Å². The Balaban J connectivity index is 1.61. The van der Waals surface area contributed by atoms with Gasteiger partial charge in [0.05, 0.1) is 26.2 Å². The van der Waals surface area contributed by atoms with Gasteiger partial charge in [0.25, 0.3) is 0 Å². The smallest absolute Gasteiger partial charge is 0.228 e. The number of rotatable bonds is 11. The second-order valence-electron chi connectivity index (χ2n) is 7.14. The van der Waals surface area contributed by atoms with Gasteiger partial charge >= 0.3 is 0 Å². The third kappa shape index (κ3) is 6.75. The van der Waals surface area contributed by atoms with E-state index in [1.165, 1.54) is 12.8 Å². The highest BCUT2D eigenvalue weighted by atomic mass is 79.9. The summed E-state index contributed by atoms with van der Waals surface area (Å²) in [4.78, 5) is 12.6. The molecule has 29 heavy (non-hydrogen) atoms. The van der Waals surface area contributed by atoms with Crippen molar-refractivity contribution in [3.63, 3.8) is 0 Å². The molecule has 0 saturated heterocycles. The number of amides is 1. The topological polar surface area (TPSA) is 56.8 Å². The van der Waals surface area contributed by atoms with E-state index in [9.17, 15) is 4.79 Å². The van der Waals surface area contributed by atoms with Gasteiger partial charge in [0.15, 0.2) is 11.5 Å². The molecule has 6 heteroatoms. The fraction of sp³-hybridized carbons (Fsp3) is 0.435. The lowest BCUT2D eigenvalue weighted by molar-refractivity contribution is -0.115. The number of ether oxygens (including phenoxy) is 3. The number of halogens is 1. The van der Waals surface area contributed by atoms with Crippen LogP contribution in [0.5, 0.6) is 11.5 Å². The Morgan fingerprint density at radius 1 is 1.10 bits per heavy atom. The number of anilines is 1. The quantitative estimate of drug-likeness (QED) is 0.489. The zero-order valence-electron chi connectivity index (χ0n) is 17.0. The van der Waals surface area contributed by atoms with Crippen LogP contribution >= 0.6 is 15.9 Å². The Bertz CT molecular complexity index is 836. The Kier molecular flexibility index (Phi) is 7.95. The van der Waals surface area contributed by atoms with E-state index in [0.29, 0.717) is 31.3 Å². The number of carbonyl (C=O) groups excluding carboxylic acids is 1. The molecule has 0 bridgehead atoms. The van der Waals surface area contributed by atoms with Crippen LogP contribution in [0.3, 0.4) is 0 Å². The predicted molar refractivity (Wildman–Crippen MR) is 118 cm³/mol. The van der Waals surface area contributed by atoms with E-state index in [0.717, 1.165) is 33.8 Å². The highest BCUT2D eigenvalue weighted by Crippen LogP contribution is 2.34. The van der Waals surface area contributed by atoms with Crippen molar-refractivity contribution < 1.29 is 19.0 Å². The monoisotopic (exact) mass is 461 g/mol. The van der Waals surface area contributed by atoms with Crippen LogP contribution in [-0.2, 0) is 22.6 Å². The number of benzene rings is 2. The second-order valence-corrected chi connectivity index (χ2v) is 7.99. The minimum atomic E-state index is -0.0895. The first-order valence-corrected chi connectivity index (χ1v) is 10.9. The first-order valence-electron chi connectivity index (χ1n) is 10.1. The van der Waals surface area contributed by atoms with Crippen LogP contribution < -0.4 is 14.8 Å². The summed E-state index contributed by atoms with van der Waals surface area (Å²) in [5.41, 5.74) is 2.68. The molecule has 0 spiro atoms. The molecule has 1 aliphatic carbocycles. The summed E-state index contributed by atoms with van der Waals surface area (Å²) in [6.45, 7) is 6.32. The second kappa shape index (κ2) is 10.6. The van der Waals surface area contributed by atoms with Gasteiger partial charge < -0.3 is 19.5 Å². The zero-order chi connectivity index (χ0) is 20.6. The Hall–Kier alpha value is -2.05. The SMILES string of the molecule is CCOc1cc(Br)c(CC(=O)Nc2cccc(COCC3CC3)c2)cc1OCC. The van der Waals surface area contributed by atoms with Crippen LogP contribution in [0.25, 0.3) is 0 Å². The van der Waals surface area contributed by atoms with Gasteiger partial charge in [-0.3, -0.25) is 4.79 Å². The highest BCUT2D eigenvalue weighted by Gasteiger charge is 2.21. The summed E-state index contributed by atoms with van der Waals surface area (Å²) in [5, 5.41) is 2.97. The average Bonchev–Trinajstić information content (AvgIpc) is 3.50. The molecule has 3 rings (SSSR count). The lowest BCUT2D eigenvalue weighted by atomic mass is 10.1. The average molecular weight is 462 g/mol. The van der Waals surface area contributed by atoms with Crippen molar-refractivity contribution in [2.45, 2.75) is 39.7 Å². The Labute approximate surface area is 180 Å². The molecular weight excluding hydrogens is 434 g/mol. The van der Waals surface area contributed by atoms with Crippen LogP contribution in [0.1, 0.15) is 37.8 Å². The van der Waals surface area contributed by atoms with Gasteiger partial charge in [-0.2, -0.15) is 0 Å². The van der Waals surface area contributed by atoms with Gasteiger partial charge in [-0.25, -0.2) is 0 Å². The lowest BCUT2D eigenvalue weighted by Crippen LogP contribution is -2.15. The molecule has 156 valence electrons. The standard InChI is InChI=1S/C23H28BrNO4/c1-3-28-21-11-18(20(24)13-22(21)29-4-2)12-23(26)25-19-7-5-6-17(10-19)15-27-14-16-8-9-16/h5-7,10-11,13,16H,3-4,8-9,12,14-15H2,1-2H3,(H,25,26). The van der Waals surface area contributed by atoms with Crippen LogP contribution in [0.15, 0.2) is 40.9 Å². The van der Waals surface area contributed by atoms with E-state index in [-0.39, 0.29) is 12.3 Å². The maximum absolute atomic E-state index is 12.6. The summed E-state index contributed by atoms with van der Waals surface area (Å²) in [6, 6.07) is 11.5. The van der Waals surface area contributed by atoms with Gasteiger partial charge in [0.1, 0.15) is 0 Å². The fourth-order valence-electron chi connectivity index (χ4n) is 2.99. The van der Waals surface area contributed by atoms with Crippen molar-refractivity contribution in [1.29, 1.82) is 0 Å². The molecule has 1 amide bonds. The molecule has 0 heterocycles. The van der Waals surface area contributed by atoms with Crippen molar-refractivity contribution in [3.8, 4) is 11.5 Å². The van der Waals surface area contributed by atoms with E-state index in [1.54, 1.807) is 0 Å². The molecule has 0 atom stereocenters. The van der Waals surface area contributed by atoms with Crippen molar-refractivity contribution in [2.24, 2.45) is 5.92 Å². The molecule has 0 aliphatic heterocycles. The van der Waals surface area contributed by atoms with Crippen molar-refractivity contribution >= 4 is 27.5 Å². The van der Waals surface area contributed by atoms with Crippen LogP contribution in [0, 0.1) is 5.92 Å². The first kappa shape index (κ1) is 21.7. The van der Waals surface area contributed by atoms with E-state index >= 15 is 0 Å². The Morgan fingerprint density at radius 3 is 2.52 bits per heavy atom. The van der Waals surface area contributed by atoms with E-state index in [1.807, 2.05) is 50.2 Å². The summed E-state index contributed by atoms with van der Waals surface area (Å²) in [6.07, 6.45) is 2.79. The largest absolute Gasteiger partial charge is 0.490 e. The molecule has 5 nitrogen and oxygen atoms in total. The van der Waals surface area contributed by atoms with Crippen molar-refractivity contribution in [2.75, 3.05) is 25.1 Å². The summed E-state index contributed by atoms with van der Waals surface area (Å²) in [7, 11) is 0. The molecule has 1 fully saturated rings. The molecular formula is C23H28BrNO4. The number of nitrogens with one attached hydrogen (secondary N) is 1. The minimum absolute atomic E-state index is 0.0895. The zero-order valence-corrected chi connectivity index (χ0v) is 18.6. The van der Waals surface area contributed by atoms with Crippen molar-refractivity contribution in [3.05, 3.63) is 52.0 Å². The number of carbonyl (C=O) groups is 1. The molecule has 0 unspecified atom stereocenters.